The summed E-state index contributed by atoms with van der Waals surface area (Å²) in [6, 6.07) is 23.8. The number of aryl methyl sites for hydroxylation is 1. The van der Waals surface area contributed by atoms with Crippen molar-refractivity contribution < 1.29 is 4.79 Å². The zero-order chi connectivity index (χ0) is 20.4. The topological polar surface area (TPSA) is 64.0 Å². The SMILES string of the molecule is Cc1ccc(-c2ccc(=O)n(C(C)C(=O)Nc3cccc4ccccc34)n2)cc1. The zero-order valence-corrected chi connectivity index (χ0v) is 16.3. The van der Waals surface area contributed by atoms with Crippen molar-refractivity contribution in [1.82, 2.24) is 9.78 Å². The summed E-state index contributed by atoms with van der Waals surface area (Å²) >= 11 is 0. The lowest BCUT2D eigenvalue weighted by molar-refractivity contribution is -0.119. The van der Waals surface area contributed by atoms with E-state index in [-0.39, 0.29) is 11.5 Å². The van der Waals surface area contributed by atoms with Gasteiger partial charge in [-0.2, -0.15) is 5.10 Å². The molecule has 1 atom stereocenters. The van der Waals surface area contributed by atoms with Crippen LogP contribution in [-0.4, -0.2) is 15.7 Å². The Hall–Kier alpha value is -3.73. The van der Waals surface area contributed by atoms with Crippen LogP contribution >= 0.6 is 0 Å². The predicted octanol–water partition coefficient (Wildman–Crippen LogP) is 4.57. The van der Waals surface area contributed by atoms with Crippen molar-refractivity contribution in [3.8, 4) is 11.3 Å². The molecule has 5 nitrogen and oxygen atoms in total. The molecular weight excluding hydrogens is 362 g/mol. The van der Waals surface area contributed by atoms with Gasteiger partial charge in [0.25, 0.3) is 5.56 Å². The fourth-order valence-corrected chi connectivity index (χ4v) is 3.26. The Balaban J connectivity index is 1.64. The molecule has 3 aromatic carbocycles. The molecule has 1 amide bonds. The Labute approximate surface area is 168 Å². The first kappa shape index (κ1) is 18.6. The van der Waals surface area contributed by atoms with Crippen molar-refractivity contribution in [3.05, 3.63) is 94.8 Å². The fraction of sp³-hybridized carbons (Fsp3) is 0.125. The third-order valence-corrected chi connectivity index (χ3v) is 4.97. The highest BCUT2D eigenvalue weighted by Gasteiger charge is 2.19. The van der Waals surface area contributed by atoms with Gasteiger partial charge in [-0.15, -0.1) is 0 Å². The number of anilines is 1. The number of amides is 1. The van der Waals surface area contributed by atoms with Crippen LogP contribution in [0.25, 0.3) is 22.0 Å². The molecule has 1 unspecified atom stereocenters. The summed E-state index contributed by atoms with van der Waals surface area (Å²) in [4.78, 5) is 25.3. The quantitative estimate of drug-likeness (QED) is 0.561. The summed E-state index contributed by atoms with van der Waals surface area (Å²) in [6.45, 7) is 3.69. The van der Waals surface area contributed by atoms with E-state index in [4.69, 9.17) is 0 Å². The molecule has 1 heterocycles. The Bertz CT molecular complexity index is 1240. The van der Waals surface area contributed by atoms with Crippen molar-refractivity contribution in [2.45, 2.75) is 19.9 Å². The molecule has 0 saturated carbocycles. The average molecular weight is 383 g/mol. The second-order valence-corrected chi connectivity index (χ2v) is 7.06. The van der Waals surface area contributed by atoms with E-state index in [1.807, 2.05) is 73.7 Å². The van der Waals surface area contributed by atoms with Gasteiger partial charge in [-0.05, 0) is 31.4 Å². The minimum Gasteiger partial charge on any atom is -0.324 e. The molecule has 4 rings (SSSR count). The van der Waals surface area contributed by atoms with Crippen LogP contribution < -0.4 is 10.9 Å². The van der Waals surface area contributed by atoms with E-state index >= 15 is 0 Å². The highest BCUT2D eigenvalue weighted by Crippen LogP contribution is 2.24. The van der Waals surface area contributed by atoms with E-state index in [2.05, 4.69) is 10.4 Å². The molecule has 0 saturated heterocycles. The molecule has 1 N–H and O–H groups in total. The summed E-state index contributed by atoms with van der Waals surface area (Å²) < 4.78 is 1.23. The second-order valence-electron chi connectivity index (χ2n) is 7.06. The van der Waals surface area contributed by atoms with Gasteiger partial charge in [0.15, 0.2) is 0 Å². The molecule has 144 valence electrons. The molecule has 1 aromatic heterocycles. The molecular formula is C24H21N3O2. The van der Waals surface area contributed by atoms with Crippen molar-refractivity contribution in [2.24, 2.45) is 0 Å². The van der Waals surface area contributed by atoms with Gasteiger partial charge in [-0.25, -0.2) is 4.68 Å². The number of benzene rings is 3. The van der Waals surface area contributed by atoms with Crippen LogP contribution in [0.5, 0.6) is 0 Å². The second kappa shape index (κ2) is 7.72. The van der Waals surface area contributed by atoms with Gasteiger partial charge in [-0.1, -0.05) is 66.2 Å². The van der Waals surface area contributed by atoms with Gasteiger partial charge in [0, 0.05) is 22.7 Å². The van der Waals surface area contributed by atoms with Crippen molar-refractivity contribution >= 4 is 22.4 Å². The molecule has 29 heavy (non-hydrogen) atoms. The number of nitrogens with zero attached hydrogens (tertiary/aromatic N) is 2. The van der Waals surface area contributed by atoms with E-state index in [0.29, 0.717) is 11.4 Å². The number of carbonyl (C=O) groups excluding carboxylic acids is 1. The average Bonchev–Trinajstić information content (AvgIpc) is 2.74. The van der Waals surface area contributed by atoms with Crippen molar-refractivity contribution in [3.63, 3.8) is 0 Å². The molecule has 0 fully saturated rings. The smallest absolute Gasteiger partial charge is 0.267 e. The maximum Gasteiger partial charge on any atom is 0.267 e. The van der Waals surface area contributed by atoms with Crippen LogP contribution in [0.2, 0.25) is 0 Å². The normalized spacial score (nSPS) is 11.9. The Morgan fingerprint density at radius 3 is 2.45 bits per heavy atom. The summed E-state index contributed by atoms with van der Waals surface area (Å²) in [5.74, 6) is -0.294. The highest BCUT2D eigenvalue weighted by atomic mass is 16.2. The summed E-state index contributed by atoms with van der Waals surface area (Å²) in [5.41, 5.74) is 3.08. The first-order valence-electron chi connectivity index (χ1n) is 9.48. The highest BCUT2D eigenvalue weighted by molar-refractivity contribution is 6.03. The Kier molecular flexibility index (Phi) is 4.96. The number of aromatic nitrogens is 2. The van der Waals surface area contributed by atoms with Crippen molar-refractivity contribution in [2.75, 3.05) is 5.32 Å². The van der Waals surface area contributed by atoms with Crippen LogP contribution in [0, 0.1) is 6.92 Å². The lowest BCUT2D eigenvalue weighted by Crippen LogP contribution is -2.33. The summed E-state index contributed by atoms with van der Waals surface area (Å²) in [7, 11) is 0. The van der Waals surface area contributed by atoms with Crippen molar-refractivity contribution in [1.29, 1.82) is 0 Å². The Morgan fingerprint density at radius 2 is 1.66 bits per heavy atom. The van der Waals surface area contributed by atoms with Gasteiger partial charge in [-0.3, -0.25) is 9.59 Å². The summed E-state index contributed by atoms with van der Waals surface area (Å²) in [6.07, 6.45) is 0. The van der Waals surface area contributed by atoms with E-state index in [9.17, 15) is 9.59 Å². The minimum absolute atomic E-state index is 0.294. The van der Waals surface area contributed by atoms with Gasteiger partial charge >= 0.3 is 0 Å². The standard InChI is InChI=1S/C24H21N3O2/c1-16-10-12-19(13-11-16)21-14-15-23(28)27(26-21)17(2)24(29)25-22-9-5-7-18-6-3-4-8-20(18)22/h3-15,17H,1-2H3,(H,25,29). The van der Waals surface area contributed by atoms with Gasteiger partial charge < -0.3 is 5.32 Å². The van der Waals surface area contributed by atoms with Gasteiger partial charge in [0.05, 0.1) is 5.69 Å². The number of nitrogens with one attached hydrogen (secondary N) is 1. The molecule has 0 spiro atoms. The van der Waals surface area contributed by atoms with Crippen LogP contribution in [0.15, 0.2) is 83.7 Å². The number of hydrogen-bond donors (Lipinski definition) is 1. The number of fused-ring (bicyclic) bond motifs is 1. The van der Waals surface area contributed by atoms with E-state index in [1.54, 1.807) is 13.0 Å². The number of rotatable bonds is 4. The lowest BCUT2D eigenvalue weighted by Gasteiger charge is -2.16. The third kappa shape index (κ3) is 3.80. The largest absolute Gasteiger partial charge is 0.324 e. The lowest BCUT2D eigenvalue weighted by atomic mass is 10.1. The Morgan fingerprint density at radius 1 is 0.931 bits per heavy atom. The van der Waals surface area contributed by atoms with Gasteiger partial charge in [0.1, 0.15) is 6.04 Å². The molecule has 0 aliphatic rings. The molecule has 5 heteroatoms. The summed E-state index contributed by atoms with van der Waals surface area (Å²) in [5, 5.41) is 9.36. The van der Waals surface area contributed by atoms with Crippen LogP contribution in [0.4, 0.5) is 5.69 Å². The predicted molar refractivity (Wildman–Crippen MR) is 116 cm³/mol. The van der Waals surface area contributed by atoms with E-state index < -0.39 is 6.04 Å². The zero-order valence-electron chi connectivity index (χ0n) is 16.3. The van der Waals surface area contributed by atoms with Crippen LogP contribution in [0.3, 0.4) is 0 Å². The van der Waals surface area contributed by atoms with Crippen LogP contribution in [-0.2, 0) is 4.79 Å². The molecule has 0 bridgehead atoms. The van der Waals surface area contributed by atoms with Crippen LogP contribution in [0.1, 0.15) is 18.5 Å². The molecule has 0 aliphatic heterocycles. The minimum atomic E-state index is -0.758. The monoisotopic (exact) mass is 383 g/mol. The third-order valence-electron chi connectivity index (χ3n) is 4.97. The first-order valence-corrected chi connectivity index (χ1v) is 9.48. The molecule has 0 radical (unpaired) electrons. The first-order chi connectivity index (χ1) is 14.0. The maximum atomic E-state index is 12.9. The maximum absolute atomic E-state index is 12.9. The molecule has 4 aromatic rings. The van der Waals surface area contributed by atoms with E-state index in [0.717, 1.165) is 21.9 Å². The van der Waals surface area contributed by atoms with Gasteiger partial charge in [0.2, 0.25) is 5.91 Å². The fourth-order valence-electron chi connectivity index (χ4n) is 3.26. The number of carbonyl (C=O) groups is 1. The number of hydrogen-bond acceptors (Lipinski definition) is 3. The molecule has 0 aliphatic carbocycles. The van der Waals surface area contributed by atoms with E-state index in [1.165, 1.54) is 10.7 Å².